The molecule has 0 aromatic heterocycles. The largest absolute Gasteiger partial charge is 0.383 e. The second-order valence-electron chi connectivity index (χ2n) is 5.65. The van der Waals surface area contributed by atoms with E-state index in [1.54, 1.807) is 25.9 Å². The van der Waals surface area contributed by atoms with E-state index >= 15 is 0 Å². The van der Waals surface area contributed by atoms with E-state index in [4.69, 9.17) is 4.74 Å². The van der Waals surface area contributed by atoms with Crippen molar-refractivity contribution >= 4 is 11.8 Å². The summed E-state index contributed by atoms with van der Waals surface area (Å²) in [4.78, 5) is 26.5. The van der Waals surface area contributed by atoms with Crippen LogP contribution in [0.1, 0.15) is 47.0 Å². The maximum atomic E-state index is 12.6. The maximum absolute atomic E-state index is 12.6. The van der Waals surface area contributed by atoms with Crippen LogP contribution in [0.2, 0.25) is 0 Å². The Hall–Kier alpha value is -1.10. The van der Waals surface area contributed by atoms with Crippen LogP contribution in [0.3, 0.4) is 0 Å². The SMILES string of the molecule is CCCC(COC)N1C(=O)C(C)(C)NC(=O)C1CC. The zero-order chi connectivity index (χ0) is 14.6. The Kier molecular flexibility index (Phi) is 5.35. The molecule has 2 unspecified atom stereocenters. The number of nitrogens with one attached hydrogen (secondary N) is 1. The third-order valence-electron chi connectivity index (χ3n) is 3.60. The first-order valence-electron chi connectivity index (χ1n) is 7.02. The summed E-state index contributed by atoms with van der Waals surface area (Å²) in [6.07, 6.45) is 2.42. The van der Waals surface area contributed by atoms with Crippen molar-refractivity contribution in [2.75, 3.05) is 13.7 Å². The maximum Gasteiger partial charge on any atom is 0.248 e. The number of nitrogens with zero attached hydrogens (tertiary/aromatic N) is 1. The average molecular weight is 270 g/mol. The van der Waals surface area contributed by atoms with Crippen LogP contribution in [-0.2, 0) is 14.3 Å². The minimum atomic E-state index is -0.831. The van der Waals surface area contributed by atoms with E-state index < -0.39 is 5.54 Å². The highest BCUT2D eigenvalue weighted by Crippen LogP contribution is 2.24. The van der Waals surface area contributed by atoms with Gasteiger partial charge < -0.3 is 15.0 Å². The van der Waals surface area contributed by atoms with Gasteiger partial charge in [-0.3, -0.25) is 9.59 Å². The van der Waals surface area contributed by atoms with Gasteiger partial charge in [0.1, 0.15) is 11.6 Å². The highest BCUT2D eigenvalue weighted by Gasteiger charge is 2.46. The lowest BCUT2D eigenvalue weighted by atomic mass is 9.93. The van der Waals surface area contributed by atoms with Gasteiger partial charge >= 0.3 is 0 Å². The molecule has 0 bridgehead atoms. The van der Waals surface area contributed by atoms with E-state index in [9.17, 15) is 9.59 Å². The number of amides is 2. The normalized spacial score (nSPS) is 24.3. The number of piperazine rings is 1. The first kappa shape index (κ1) is 16.0. The molecule has 1 aliphatic rings. The Labute approximate surface area is 115 Å². The van der Waals surface area contributed by atoms with E-state index in [0.29, 0.717) is 13.0 Å². The van der Waals surface area contributed by atoms with E-state index in [-0.39, 0.29) is 23.9 Å². The molecular weight excluding hydrogens is 244 g/mol. The highest BCUT2D eigenvalue weighted by atomic mass is 16.5. The fraction of sp³-hybridized carbons (Fsp3) is 0.857. The number of hydrogen-bond acceptors (Lipinski definition) is 3. The van der Waals surface area contributed by atoms with Crippen molar-refractivity contribution < 1.29 is 14.3 Å². The van der Waals surface area contributed by atoms with Crippen LogP contribution in [0.4, 0.5) is 0 Å². The zero-order valence-corrected chi connectivity index (χ0v) is 12.7. The van der Waals surface area contributed by atoms with Crippen LogP contribution >= 0.6 is 0 Å². The van der Waals surface area contributed by atoms with Gasteiger partial charge in [-0.2, -0.15) is 0 Å². The number of ether oxygens (including phenoxy) is 1. The Morgan fingerprint density at radius 1 is 1.37 bits per heavy atom. The molecule has 0 aromatic rings. The Balaban J connectivity index is 3.07. The van der Waals surface area contributed by atoms with Gasteiger partial charge in [0.05, 0.1) is 12.6 Å². The molecule has 1 saturated heterocycles. The van der Waals surface area contributed by atoms with Crippen LogP contribution < -0.4 is 5.32 Å². The van der Waals surface area contributed by atoms with Crippen LogP contribution in [0, 0.1) is 0 Å². The van der Waals surface area contributed by atoms with Crippen molar-refractivity contribution in [1.29, 1.82) is 0 Å². The molecule has 110 valence electrons. The van der Waals surface area contributed by atoms with E-state index in [2.05, 4.69) is 12.2 Å². The van der Waals surface area contributed by atoms with Crippen molar-refractivity contribution in [1.82, 2.24) is 10.2 Å². The first-order chi connectivity index (χ1) is 8.88. The molecule has 0 radical (unpaired) electrons. The topological polar surface area (TPSA) is 58.6 Å². The number of hydrogen-bond donors (Lipinski definition) is 1. The van der Waals surface area contributed by atoms with Crippen LogP contribution in [0.15, 0.2) is 0 Å². The summed E-state index contributed by atoms with van der Waals surface area (Å²) in [5.74, 6) is -0.0845. The molecule has 0 spiro atoms. The number of rotatable bonds is 6. The lowest BCUT2D eigenvalue weighted by molar-refractivity contribution is -0.158. The van der Waals surface area contributed by atoms with Gasteiger partial charge in [0, 0.05) is 7.11 Å². The molecule has 1 rings (SSSR count). The van der Waals surface area contributed by atoms with Gasteiger partial charge in [-0.1, -0.05) is 20.3 Å². The van der Waals surface area contributed by atoms with Crippen molar-refractivity contribution in [2.45, 2.75) is 64.6 Å². The van der Waals surface area contributed by atoms with Crippen molar-refractivity contribution in [3.05, 3.63) is 0 Å². The first-order valence-corrected chi connectivity index (χ1v) is 7.02. The summed E-state index contributed by atoms with van der Waals surface area (Å²) in [7, 11) is 1.63. The van der Waals surface area contributed by atoms with Crippen molar-refractivity contribution in [3.8, 4) is 0 Å². The Bertz CT molecular complexity index is 336. The highest BCUT2D eigenvalue weighted by molar-refractivity contribution is 5.99. The molecule has 1 heterocycles. The Morgan fingerprint density at radius 2 is 2.00 bits per heavy atom. The zero-order valence-electron chi connectivity index (χ0n) is 12.7. The number of methoxy groups -OCH3 is 1. The number of carbonyl (C=O) groups excluding carboxylic acids is 2. The smallest absolute Gasteiger partial charge is 0.248 e. The average Bonchev–Trinajstić information content (AvgIpc) is 2.32. The minimum absolute atomic E-state index is 0.0190. The van der Waals surface area contributed by atoms with Crippen LogP contribution in [-0.4, -0.2) is 48.1 Å². The molecule has 1 fully saturated rings. The van der Waals surface area contributed by atoms with E-state index in [1.807, 2.05) is 6.92 Å². The molecule has 1 N–H and O–H groups in total. The molecule has 5 nitrogen and oxygen atoms in total. The van der Waals surface area contributed by atoms with E-state index in [0.717, 1.165) is 12.8 Å². The summed E-state index contributed by atoms with van der Waals surface area (Å²) in [5, 5.41) is 2.80. The van der Waals surface area contributed by atoms with Gasteiger partial charge in [0.15, 0.2) is 0 Å². The van der Waals surface area contributed by atoms with Gasteiger partial charge in [0.25, 0.3) is 0 Å². The van der Waals surface area contributed by atoms with E-state index in [1.165, 1.54) is 0 Å². The van der Waals surface area contributed by atoms with Crippen LogP contribution in [0.5, 0.6) is 0 Å². The predicted octanol–water partition coefficient (Wildman–Crippen LogP) is 1.32. The summed E-state index contributed by atoms with van der Waals surface area (Å²) >= 11 is 0. The lowest BCUT2D eigenvalue weighted by Crippen LogP contribution is -2.70. The molecule has 19 heavy (non-hydrogen) atoms. The van der Waals surface area contributed by atoms with Gasteiger partial charge in [-0.25, -0.2) is 0 Å². The van der Waals surface area contributed by atoms with Crippen LogP contribution in [0.25, 0.3) is 0 Å². The molecule has 2 atom stereocenters. The third kappa shape index (κ3) is 3.26. The monoisotopic (exact) mass is 270 g/mol. The molecule has 0 aromatic carbocycles. The third-order valence-corrected chi connectivity index (χ3v) is 3.60. The fourth-order valence-electron chi connectivity index (χ4n) is 2.67. The second-order valence-corrected chi connectivity index (χ2v) is 5.65. The van der Waals surface area contributed by atoms with Crippen molar-refractivity contribution in [2.24, 2.45) is 0 Å². The second kappa shape index (κ2) is 6.37. The Morgan fingerprint density at radius 3 is 2.47 bits per heavy atom. The van der Waals surface area contributed by atoms with Gasteiger partial charge in [-0.05, 0) is 26.7 Å². The summed E-state index contributed by atoms with van der Waals surface area (Å²) in [6, 6.07) is -0.412. The number of carbonyl (C=O) groups is 2. The predicted molar refractivity (Wildman–Crippen MR) is 73.7 cm³/mol. The fourth-order valence-corrected chi connectivity index (χ4v) is 2.67. The molecule has 2 amide bonds. The molecule has 5 heteroatoms. The molecule has 0 saturated carbocycles. The summed E-state index contributed by atoms with van der Waals surface area (Å²) in [6.45, 7) is 7.98. The summed E-state index contributed by atoms with van der Waals surface area (Å²) in [5.41, 5.74) is -0.831. The standard InChI is InChI=1S/C14H26N2O3/c1-6-8-10(9-19-5)16-11(7-2)12(17)15-14(3,4)13(16)18/h10-11H,6-9H2,1-5H3,(H,15,17). The minimum Gasteiger partial charge on any atom is -0.383 e. The van der Waals surface area contributed by atoms with Gasteiger partial charge in [0.2, 0.25) is 11.8 Å². The van der Waals surface area contributed by atoms with Crippen molar-refractivity contribution in [3.63, 3.8) is 0 Å². The molecular formula is C14H26N2O3. The lowest BCUT2D eigenvalue weighted by Gasteiger charge is -2.46. The molecule has 0 aliphatic carbocycles. The summed E-state index contributed by atoms with van der Waals surface area (Å²) < 4.78 is 5.23. The van der Waals surface area contributed by atoms with Gasteiger partial charge in [-0.15, -0.1) is 0 Å². The molecule has 1 aliphatic heterocycles. The quantitative estimate of drug-likeness (QED) is 0.792.